The van der Waals surface area contributed by atoms with Crippen LogP contribution in [0.5, 0.6) is 0 Å². The molecule has 2 aromatic rings. The molecule has 2 saturated carbocycles. The topological polar surface area (TPSA) is 190 Å². The number of amides is 6. The van der Waals surface area contributed by atoms with Gasteiger partial charge in [-0.05, 0) is 144 Å². The molecule has 0 radical (unpaired) electrons. The first kappa shape index (κ1) is 54.5. The van der Waals surface area contributed by atoms with E-state index < -0.39 is 42.3 Å². The van der Waals surface area contributed by atoms with Crippen LogP contribution in [-0.2, 0) is 46.3 Å². The van der Waals surface area contributed by atoms with E-state index in [9.17, 15) is 28.8 Å². The number of nitrogens with one attached hydrogen (secondary N) is 6. The average molecular weight is 1010 g/mol. The maximum atomic E-state index is 14.4. The highest BCUT2D eigenvalue weighted by atomic mass is 16.5. The number of hydrogen-bond acceptors (Lipinski definition) is 9. The second-order valence-corrected chi connectivity index (χ2v) is 21.7. The molecule has 6 amide bonds. The number of hydrogen-bond donors (Lipinski definition) is 6. The van der Waals surface area contributed by atoms with E-state index in [-0.39, 0.29) is 71.9 Å². The van der Waals surface area contributed by atoms with Crippen molar-refractivity contribution >= 4 is 35.4 Å². The Kier molecular flexibility index (Phi) is 19.3. The predicted molar refractivity (Wildman–Crippen MR) is 284 cm³/mol. The van der Waals surface area contributed by atoms with E-state index in [1.54, 1.807) is 37.7 Å². The van der Waals surface area contributed by atoms with Crippen LogP contribution in [0.3, 0.4) is 0 Å². The van der Waals surface area contributed by atoms with Gasteiger partial charge in [-0.3, -0.25) is 28.8 Å². The Bertz CT molecular complexity index is 2280. The molecular weight excluding hydrogens is 933 g/mol. The highest BCUT2D eigenvalue weighted by molar-refractivity contribution is 5.95. The zero-order chi connectivity index (χ0) is 52.1. The lowest BCUT2D eigenvalue weighted by atomic mass is 9.83. The number of nitrogens with zero attached hydrogens (tertiary/aromatic N) is 2. The van der Waals surface area contributed by atoms with Crippen molar-refractivity contribution in [3.8, 4) is 23.7 Å². The van der Waals surface area contributed by atoms with Crippen LogP contribution in [0, 0.1) is 41.4 Å². The largest absolute Gasteiger partial charge is 0.363 e. The normalized spacial score (nSPS) is 25.2. The van der Waals surface area contributed by atoms with E-state index in [0.717, 1.165) is 100 Å². The number of rotatable bonds is 18. The average Bonchev–Trinajstić information content (AvgIpc) is 4.26. The molecule has 0 bridgehead atoms. The van der Waals surface area contributed by atoms with Gasteiger partial charge in [-0.25, -0.2) is 0 Å². The van der Waals surface area contributed by atoms with Gasteiger partial charge in [-0.1, -0.05) is 98.9 Å². The van der Waals surface area contributed by atoms with E-state index in [1.807, 2.05) is 30.3 Å². The number of carbonyl (C=O) groups is 6. The van der Waals surface area contributed by atoms with E-state index in [1.165, 1.54) is 5.56 Å². The minimum absolute atomic E-state index is 0.0330. The van der Waals surface area contributed by atoms with Crippen LogP contribution in [0.15, 0.2) is 48.5 Å². The summed E-state index contributed by atoms with van der Waals surface area (Å²) in [6.45, 7) is 4.63. The number of carbonyl (C=O) groups excluding carboxylic acids is 6. The zero-order valence-electron chi connectivity index (χ0n) is 44.1. The summed E-state index contributed by atoms with van der Waals surface area (Å²) in [5.74, 6) is 11.3. The van der Waals surface area contributed by atoms with Crippen molar-refractivity contribution in [2.45, 2.75) is 184 Å². The standard InChI is InChI=1S/C59H80N8O7/c1-38(60-3)54(68)63-51(40-22-11-8-12-23-40)58(72)66-33-20-31-47(66)56(70)62-50-44(36-42-26-15-17-29-45(42)50)28-10-6-5-7-19-35-74-49-37-43-27-16-18-30-46(43)53(49)65-57(71)48-32-21-34-67(48)59(73)52(41-24-13-9-14-25-41)64-55(69)39(2)61-4/h15-18,26-27,29-30,38-41,44,47-53,60-61H,8-14,20-25,28,31-37H2,1-4H3,(H,62,70)(H,63,68)(H,64,69)(H,65,71)/t38-,39-,44?,47?,48?,49?,50?,51-,52?,53?/m1/s1. The minimum atomic E-state index is -0.672. The van der Waals surface area contributed by atoms with Crippen LogP contribution in [0.1, 0.15) is 151 Å². The number of fused-ring (bicyclic) bond motifs is 2. The Morgan fingerprint density at radius 1 is 0.595 bits per heavy atom. The molecule has 15 heteroatoms. The molecule has 2 aromatic carbocycles. The third kappa shape index (κ3) is 13.0. The van der Waals surface area contributed by atoms with Crippen LogP contribution >= 0.6 is 0 Å². The third-order valence-corrected chi connectivity index (χ3v) is 17.1. The number of likely N-dealkylation sites (tertiary alicyclic amines) is 2. The van der Waals surface area contributed by atoms with Crippen molar-refractivity contribution in [3.63, 3.8) is 0 Å². The van der Waals surface area contributed by atoms with Crippen LogP contribution in [-0.4, -0.2) is 121 Å². The third-order valence-electron chi connectivity index (χ3n) is 17.1. The number of ether oxygens (including phenoxy) is 1. The van der Waals surface area contributed by atoms with Crippen molar-refractivity contribution in [2.24, 2.45) is 17.8 Å². The molecule has 6 aliphatic rings. The molecule has 4 fully saturated rings. The molecule has 2 heterocycles. The number of benzene rings is 2. The minimum Gasteiger partial charge on any atom is -0.363 e. The fourth-order valence-corrected chi connectivity index (χ4v) is 12.6. The van der Waals surface area contributed by atoms with Gasteiger partial charge in [0.1, 0.15) is 30.8 Å². The molecule has 74 heavy (non-hydrogen) atoms. The van der Waals surface area contributed by atoms with E-state index >= 15 is 0 Å². The molecule has 398 valence electrons. The quantitative estimate of drug-likeness (QED) is 0.113. The molecule has 7 unspecified atom stereocenters. The molecule has 10 atom stereocenters. The first-order valence-corrected chi connectivity index (χ1v) is 27.9. The summed E-state index contributed by atoms with van der Waals surface area (Å²) in [6, 6.07) is 12.1. The molecule has 6 N–H and O–H groups in total. The van der Waals surface area contributed by atoms with Crippen molar-refractivity contribution in [1.29, 1.82) is 0 Å². The Labute approximate surface area is 439 Å². The zero-order valence-corrected chi connectivity index (χ0v) is 44.1. The molecule has 2 aliphatic heterocycles. The highest BCUT2D eigenvalue weighted by Gasteiger charge is 2.45. The van der Waals surface area contributed by atoms with Crippen molar-refractivity contribution < 1.29 is 33.5 Å². The summed E-state index contributed by atoms with van der Waals surface area (Å²) in [4.78, 5) is 86.8. The Morgan fingerprint density at radius 3 is 1.59 bits per heavy atom. The van der Waals surface area contributed by atoms with Crippen molar-refractivity contribution in [2.75, 3.05) is 33.8 Å². The summed E-state index contributed by atoms with van der Waals surface area (Å²) < 4.78 is 6.37. The molecule has 0 aromatic heterocycles. The lowest BCUT2D eigenvalue weighted by Gasteiger charge is -2.35. The van der Waals surface area contributed by atoms with Crippen LogP contribution < -0.4 is 31.9 Å². The van der Waals surface area contributed by atoms with Gasteiger partial charge in [0, 0.05) is 25.9 Å². The van der Waals surface area contributed by atoms with Gasteiger partial charge < -0.3 is 46.4 Å². The SMILES string of the molecule is CN[C@H](C)C(=O)NC(C(=O)N1CCCC1C(=O)NC1c2ccccc2CC1OCC#CC#CCCC1Cc2ccccc2C1NC(=O)C1CCCN1C(=O)[C@H](NC(=O)[C@@H](C)NC)C1CCCCC1)C1CCCCC1. The van der Waals surface area contributed by atoms with Gasteiger partial charge in [-0.2, -0.15) is 0 Å². The molecule has 4 aliphatic carbocycles. The van der Waals surface area contributed by atoms with Gasteiger partial charge in [0.2, 0.25) is 35.4 Å². The molecule has 2 saturated heterocycles. The molecular formula is C59H80N8O7. The molecule has 0 spiro atoms. The lowest BCUT2D eigenvalue weighted by molar-refractivity contribution is -0.143. The second kappa shape index (κ2) is 26.2. The van der Waals surface area contributed by atoms with Crippen LogP contribution in [0.2, 0.25) is 0 Å². The van der Waals surface area contributed by atoms with E-state index in [2.05, 4.69) is 73.8 Å². The van der Waals surface area contributed by atoms with Crippen molar-refractivity contribution in [3.05, 3.63) is 70.8 Å². The van der Waals surface area contributed by atoms with E-state index in [0.29, 0.717) is 45.2 Å². The molecule has 8 rings (SSSR count). The maximum absolute atomic E-state index is 14.4. The fourth-order valence-electron chi connectivity index (χ4n) is 12.6. The molecule has 15 nitrogen and oxygen atoms in total. The summed E-state index contributed by atoms with van der Waals surface area (Å²) in [6.07, 6.45) is 14.8. The predicted octanol–water partition coefficient (Wildman–Crippen LogP) is 4.93. The fraction of sp³-hybridized carbons (Fsp3) is 0.627. The Morgan fingerprint density at radius 2 is 1.07 bits per heavy atom. The van der Waals surface area contributed by atoms with Gasteiger partial charge in [0.25, 0.3) is 0 Å². The first-order valence-electron chi connectivity index (χ1n) is 27.9. The monoisotopic (exact) mass is 1010 g/mol. The summed E-state index contributed by atoms with van der Waals surface area (Å²) >= 11 is 0. The van der Waals surface area contributed by atoms with Gasteiger partial charge in [0.15, 0.2) is 0 Å². The highest BCUT2D eigenvalue weighted by Crippen LogP contribution is 2.40. The smallest absolute Gasteiger partial charge is 0.246 e. The lowest BCUT2D eigenvalue weighted by Crippen LogP contribution is -2.58. The Hall–Kier alpha value is -5.74. The summed E-state index contributed by atoms with van der Waals surface area (Å²) in [5, 5.41) is 18.8. The summed E-state index contributed by atoms with van der Waals surface area (Å²) in [5.41, 5.74) is 4.38. The van der Waals surface area contributed by atoms with Gasteiger partial charge >= 0.3 is 0 Å². The van der Waals surface area contributed by atoms with Gasteiger partial charge in [0.05, 0.1) is 30.3 Å². The second-order valence-electron chi connectivity index (χ2n) is 21.7. The number of likely N-dealkylation sites (N-methyl/N-ethyl adjacent to an activating group) is 2. The first-order chi connectivity index (χ1) is 36.0. The van der Waals surface area contributed by atoms with Gasteiger partial charge in [-0.15, -0.1) is 0 Å². The van der Waals surface area contributed by atoms with Crippen molar-refractivity contribution in [1.82, 2.24) is 41.7 Å². The Balaban J connectivity index is 0.858. The van der Waals surface area contributed by atoms with Crippen LogP contribution in [0.4, 0.5) is 0 Å². The van der Waals surface area contributed by atoms with E-state index in [4.69, 9.17) is 4.74 Å². The van der Waals surface area contributed by atoms with Crippen LogP contribution in [0.25, 0.3) is 0 Å². The summed E-state index contributed by atoms with van der Waals surface area (Å²) in [7, 11) is 3.45. The maximum Gasteiger partial charge on any atom is 0.246 e.